The van der Waals surface area contributed by atoms with E-state index in [9.17, 15) is 9.90 Å². The Morgan fingerprint density at radius 3 is 2.68 bits per heavy atom. The molecule has 0 unspecified atom stereocenters. The molecule has 25 heavy (non-hydrogen) atoms. The van der Waals surface area contributed by atoms with Crippen LogP contribution >= 0.6 is 0 Å². The van der Waals surface area contributed by atoms with Gasteiger partial charge < -0.3 is 20.1 Å². The Balaban J connectivity index is 1.65. The smallest absolute Gasteiger partial charge is 0.321 e. The number of para-hydroxylation sites is 1. The molecule has 1 aromatic rings. The largest absolute Gasteiger partial charge is 0.391 e. The van der Waals surface area contributed by atoms with E-state index in [4.69, 9.17) is 4.74 Å². The van der Waals surface area contributed by atoms with E-state index in [0.717, 1.165) is 43.7 Å². The van der Waals surface area contributed by atoms with Gasteiger partial charge in [0.2, 0.25) is 0 Å². The number of rotatable bonds is 3. The van der Waals surface area contributed by atoms with Gasteiger partial charge in [-0.05, 0) is 38.3 Å². The van der Waals surface area contributed by atoms with Crippen molar-refractivity contribution in [1.29, 1.82) is 0 Å². The van der Waals surface area contributed by atoms with Gasteiger partial charge in [0.15, 0.2) is 0 Å². The number of nitrogens with zero attached hydrogens (tertiary/aromatic N) is 2. The third kappa shape index (κ3) is 4.93. The second-order valence-corrected chi connectivity index (χ2v) is 7.28. The Morgan fingerprint density at radius 1 is 1.24 bits per heavy atom. The molecule has 2 amide bonds. The highest BCUT2D eigenvalue weighted by Crippen LogP contribution is 2.21. The van der Waals surface area contributed by atoms with E-state index >= 15 is 0 Å². The number of urea groups is 1. The Morgan fingerprint density at radius 2 is 1.96 bits per heavy atom. The molecule has 2 N–H and O–H groups in total. The highest BCUT2D eigenvalue weighted by atomic mass is 16.5. The fraction of sp³-hybridized carbons (Fsp3) is 0.632. The summed E-state index contributed by atoms with van der Waals surface area (Å²) in [5, 5.41) is 12.8. The Bertz CT molecular complexity index is 585. The van der Waals surface area contributed by atoms with Gasteiger partial charge in [0, 0.05) is 38.4 Å². The molecule has 3 rings (SSSR count). The second kappa shape index (κ2) is 8.17. The van der Waals surface area contributed by atoms with Gasteiger partial charge in [-0.25, -0.2) is 4.79 Å². The molecule has 0 radical (unpaired) electrons. The standard InChI is InChI=1S/C19H29N3O3/c1-14-10-21(11-15(2)25-14)12-16-6-3-4-8-18(16)20-19(24)22-9-5-7-17(23)13-22/h3-4,6,8,14-15,17,23H,5,7,9-13H2,1-2H3,(H,20,24)/t14-,15-,17+/m1/s1. The molecule has 6 heteroatoms. The van der Waals surface area contributed by atoms with Gasteiger partial charge in [-0.3, -0.25) is 4.90 Å². The first-order chi connectivity index (χ1) is 12.0. The number of amides is 2. The highest BCUT2D eigenvalue weighted by Gasteiger charge is 2.24. The van der Waals surface area contributed by atoms with Crippen molar-refractivity contribution >= 4 is 11.7 Å². The molecule has 0 saturated carbocycles. The molecular formula is C19H29N3O3. The zero-order chi connectivity index (χ0) is 17.8. The number of morpholine rings is 1. The Kier molecular flexibility index (Phi) is 5.93. The first-order valence-corrected chi connectivity index (χ1v) is 9.21. The van der Waals surface area contributed by atoms with Crippen molar-refractivity contribution in [2.45, 2.75) is 51.5 Å². The SMILES string of the molecule is C[C@@H]1CN(Cc2ccccc2NC(=O)N2CCC[C@H](O)C2)C[C@@H](C)O1. The van der Waals surface area contributed by atoms with Crippen LogP contribution in [0, 0.1) is 0 Å². The predicted octanol–water partition coefficient (Wildman–Crippen LogP) is 2.28. The van der Waals surface area contributed by atoms with E-state index in [0.29, 0.717) is 13.1 Å². The van der Waals surface area contributed by atoms with Gasteiger partial charge in [0.05, 0.1) is 18.3 Å². The van der Waals surface area contributed by atoms with Gasteiger partial charge in [0.1, 0.15) is 0 Å². The van der Waals surface area contributed by atoms with Crippen molar-refractivity contribution in [3.8, 4) is 0 Å². The fourth-order valence-corrected chi connectivity index (χ4v) is 3.77. The van der Waals surface area contributed by atoms with Crippen molar-refractivity contribution in [1.82, 2.24) is 9.80 Å². The summed E-state index contributed by atoms with van der Waals surface area (Å²) in [6, 6.07) is 7.82. The average Bonchev–Trinajstić information content (AvgIpc) is 2.55. The quantitative estimate of drug-likeness (QED) is 0.880. The van der Waals surface area contributed by atoms with E-state index in [1.807, 2.05) is 18.2 Å². The maximum atomic E-state index is 12.5. The number of aliphatic hydroxyl groups is 1. The van der Waals surface area contributed by atoms with Gasteiger partial charge in [-0.2, -0.15) is 0 Å². The number of likely N-dealkylation sites (tertiary alicyclic amines) is 1. The number of piperidine rings is 1. The van der Waals surface area contributed by atoms with E-state index in [2.05, 4.69) is 30.1 Å². The number of carbonyl (C=O) groups excluding carboxylic acids is 1. The topological polar surface area (TPSA) is 65.0 Å². The summed E-state index contributed by atoms with van der Waals surface area (Å²) in [4.78, 5) is 16.6. The summed E-state index contributed by atoms with van der Waals surface area (Å²) < 4.78 is 5.80. The third-order valence-corrected chi connectivity index (χ3v) is 4.83. The van der Waals surface area contributed by atoms with Crippen LogP contribution in [0.1, 0.15) is 32.3 Å². The average molecular weight is 347 g/mol. The first-order valence-electron chi connectivity index (χ1n) is 9.21. The lowest BCUT2D eigenvalue weighted by Gasteiger charge is -2.35. The maximum Gasteiger partial charge on any atom is 0.321 e. The van der Waals surface area contributed by atoms with E-state index in [1.54, 1.807) is 4.90 Å². The number of β-amino-alcohol motifs (C(OH)–C–C–N with tert-alkyl or cyclic N) is 1. The number of hydrogen-bond acceptors (Lipinski definition) is 4. The molecule has 0 aliphatic carbocycles. The highest BCUT2D eigenvalue weighted by molar-refractivity contribution is 5.90. The van der Waals surface area contributed by atoms with Crippen LogP contribution in [0.4, 0.5) is 10.5 Å². The van der Waals surface area contributed by atoms with Crippen LogP contribution in [0.15, 0.2) is 24.3 Å². The first kappa shape index (κ1) is 18.2. The minimum atomic E-state index is -0.411. The number of hydrogen-bond donors (Lipinski definition) is 2. The Hall–Kier alpha value is -1.63. The van der Waals surface area contributed by atoms with Crippen molar-refractivity contribution in [2.24, 2.45) is 0 Å². The van der Waals surface area contributed by atoms with Crippen molar-refractivity contribution in [3.63, 3.8) is 0 Å². The number of anilines is 1. The van der Waals surface area contributed by atoms with Crippen LogP contribution in [0.3, 0.4) is 0 Å². The van der Waals surface area contributed by atoms with Crippen LogP contribution < -0.4 is 5.32 Å². The molecule has 2 saturated heterocycles. The predicted molar refractivity (Wildman–Crippen MR) is 97.6 cm³/mol. The summed E-state index contributed by atoms with van der Waals surface area (Å²) in [7, 11) is 0. The molecular weight excluding hydrogens is 318 g/mol. The lowest BCUT2D eigenvalue weighted by molar-refractivity contribution is -0.0704. The molecule has 1 aromatic carbocycles. The van der Waals surface area contributed by atoms with Gasteiger partial charge in [-0.15, -0.1) is 0 Å². The molecule has 3 atom stereocenters. The zero-order valence-electron chi connectivity index (χ0n) is 15.1. The molecule has 2 aliphatic rings. The number of aliphatic hydroxyl groups excluding tert-OH is 1. The summed E-state index contributed by atoms with van der Waals surface area (Å²) in [5.41, 5.74) is 1.95. The maximum absolute atomic E-state index is 12.5. The molecule has 6 nitrogen and oxygen atoms in total. The van der Waals surface area contributed by atoms with Gasteiger partial charge in [-0.1, -0.05) is 18.2 Å². The van der Waals surface area contributed by atoms with Crippen LogP contribution in [-0.4, -0.2) is 65.4 Å². The number of nitrogens with one attached hydrogen (secondary N) is 1. The number of ether oxygens (including phenoxy) is 1. The number of carbonyl (C=O) groups is 1. The molecule has 2 aliphatic heterocycles. The molecule has 0 spiro atoms. The van der Waals surface area contributed by atoms with Crippen LogP contribution in [-0.2, 0) is 11.3 Å². The summed E-state index contributed by atoms with van der Waals surface area (Å²) in [6.07, 6.45) is 1.65. The molecule has 138 valence electrons. The van der Waals surface area contributed by atoms with E-state index in [-0.39, 0.29) is 18.2 Å². The zero-order valence-corrected chi connectivity index (χ0v) is 15.1. The minimum Gasteiger partial charge on any atom is -0.391 e. The second-order valence-electron chi connectivity index (χ2n) is 7.28. The molecule has 0 bridgehead atoms. The van der Waals surface area contributed by atoms with Crippen LogP contribution in [0.25, 0.3) is 0 Å². The fourth-order valence-electron chi connectivity index (χ4n) is 3.77. The third-order valence-electron chi connectivity index (χ3n) is 4.83. The van der Waals surface area contributed by atoms with Crippen LogP contribution in [0.2, 0.25) is 0 Å². The molecule has 2 heterocycles. The normalized spacial score (nSPS) is 28.0. The Labute approximate surface area is 149 Å². The number of benzene rings is 1. The van der Waals surface area contributed by atoms with E-state index < -0.39 is 6.10 Å². The summed E-state index contributed by atoms with van der Waals surface area (Å²) in [6.45, 7) is 7.87. The minimum absolute atomic E-state index is 0.130. The lowest BCUT2D eigenvalue weighted by Crippen LogP contribution is -2.45. The van der Waals surface area contributed by atoms with Crippen LogP contribution in [0.5, 0.6) is 0 Å². The van der Waals surface area contributed by atoms with Gasteiger partial charge >= 0.3 is 6.03 Å². The summed E-state index contributed by atoms with van der Waals surface area (Å²) >= 11 is 0. The lowest BCUT2D eigenvalue weighted by atomic mass is 10.1. The monoisotopic (exact) mass is 347 g/mol. The van der Waals surface area contributed by atoms with Gasteiger partial charge in [0.25, 0.3) is 0 Å². The van der Waals surface area contributed by atoms with E-state index in [1.165, 1.54) is 0 Å². The molecule has 2 fully saturated rings. The summed E-state index contributed by atoms with van der Waals surface area (Å²) in [5.74, 6) is 0. The van der Waals surface area contributed by atoms with Crippen molar-refractivity contribution < 1.29 is 14.6 Å². The van der Waals surface area contributed by atoms with Crippen molar-refractivity contribution in [3.05, 3.63) is 29.8 Å². The molecule has 0 aromatic heterocycles. The van der Waals surface area contributed by atoms with Crippen molar-refractivity contribution in [2.75, 3.05) is 31.5 Å².